The second-order valence-electron chi connectivity index (χ2n) is 7.73. The van der Waals surface area contributed by atoms with Crippen LogP contribution in [0.1, 0.15) is 33.6 Å². The molecule has 3 aromatic rings. The highest BCUT2D eigenvalue weighted by Crippen LogP contribution is 2.27. The molecule has 9 heteroatoms. The Labute approximate surface area is 195 Å². The SMILES string of the molecule is O=C(Nc1ccc(Cl)c(NC(=O)c2ccc(F)cc2)c1)c1ccc(N2CCC(O)CC2)nc1. The summed E-state index contributed by atoms with van der Waals surface area (Å²) < 4.78 is 13.1. The van der Waals surface area contributed by atoms with E-state index in [1.807, 2.05) is 0 Å². The largest absolute Gasteiger partial charge is 0.393 e. The number of aromatic nitrogens is 1. The van der Waals surface area contributed by atoms with E-state index in [-0.39, 0.29) is 17.6 Å². The van der Waals surface area contributed by atoms with Crippen LogP contribution in [0.5, 0.6) is 0 Å². The molecule has 33 heavy (non-hydrogen) atoms. The van der Waals surface area contributed by atoms with Crippen molar-refractivity contribution in [2.45, 2.75) is 18.9 Å². The second kappa shape index (κ2) is 9.97. The van der Waals surface area contributed by atoms with Crippen LogP contribution in [0.3, 0.4) is 0 Å². The smallest absolute Gasteiger partial charge is 0.257 e. The van der Waals surface area contributed by atoms with E-state index in [0.717, 1.165) is 18.9 Å². The molecule has 0 radical (unpaired) electrons. The van der Waals surface area contributed by atoms with Crippen LogP contribution in [0.25, 0.3) is 0 Å². The number of nitrogens with zero attached hydrogens (tertiary/aromatic N) is 2. The maximum Gasteiger partial charge on any atom is 0.257 e. The van der Waals surface area contributed by atoms with Gasteiger partial charge in [-0.1, -0.05) is 11.6 Å². The molecule has 2 amide bonds. The zero-order chi connectivity index (χ0) is 23.4. The van der Waals surface area contributed by atoms with Gasteiger partial charge in [0.15, 0.2) is 0 Å². The summed E-state index contributed by atoms with van der Waals surface area (Å²) in [6.07, 6.45) is 2.63. The molecule has 4 rings (SSSR count). The van der Waals surface area contributed by atoms with Gasteiger partial charge in [-0.3, -0.25) is 9.59 Å². The third-order valence-corrected chi connectivity index (χ3v) is 5.71. The molecule has 2 heterocycles. The molecular formula is C24H22ClFN4O3. The minimum absolute atomic E-state index is 0.268. The number of aliphatic hydroxyl groups excluding tert-OH is 1. The Hall–Kier alpha value is -3.49. The first kappa shape index (κ1) is 22.7. The van der Waals surface area contributed by atoms with E-state index in [4.69, 9.17) is 11.6 Å². The molecule has 3 N–H and O–H groups in total. The van der Waals surface area contributed by atoms with Crippen molar-refractivity contribution in [2.24, 2.45) is 0 Å². The number of halogens is 2. The molecule has 0 aliphatic carbocycles. The molecule has 1 aliphatic rings. The normalized spacial score (nSPS) is 14.1. The summed E-state index contributed by atoms with van der Waals surface area (Å²) in [6.45, 7) is 1.44. The molecule has 1 aliphatic heterocycles. The summed E-state index contributed by atoms with van der Waals surface area (Å²) in [7, 11) is 0. The molecule has 1 saturated heterocycles. The zero-order valence-corrected chi connectivity index (χ0v) is 18.3. The molecular weight excluding hydrogens is 447 g/mol. The van der Waals surface area contributed by atoms with Gasteiger partial charge in [0.2, 0.25) is 0 Å². The molecule has 2 aromatic carbocycles. The first-order chi connectivity index (χ1) is 15.9. The number of hydrogen-bond acceptors (Lipinski definition) is 5. The van der Waals surface area contributed by atoms with E-state index in [2.05, 4.69) is 20.5 Å². The van der Waals surface area contributed by atoms with Crippen molar-refractivity contribution in [3.8, 4) is 0 Å². The second-order valence-corrected chi connectivity index (χ2v) is 8.14. The highest BCUT2D eigenvalue weighted by atomic mass is 35.5. The zero-order valence-electron chi connectivity index (χ0n) is 17.6. The van der Waals surface area contributed by atoms with E-state index in [1.54, 1.807) is 30.3 Å². The highest BCUT2D eigenvalue weighted by molar-refractivity contribution is 6.34. The van der Waals surface area contributed by atoms with Crippen LogP contribution >= 0.6 is 11.6 Å². The van der Waals surface area contributed by atoms with Crippen LogP contribution in [0.15, 0.2) is 60.8 Å². The lowest BCUT2D eigenvalue weighted by Crippen LogP contribution is -2.36. The van der Waals surface area contributed by atoms with Crippen molar-refractivity contribution in [3.05, 3.63) is 82.8 Å². The third-order valence-electron chi connectivity index (χ3n) is 5.38. The van der Waals surface area contributed by atoms with Gasteiger partial charge in [0.05, 0.1) is 22.4 Å². The maximum absolute atomic E-state index is 13.1. The van der Waals surface area contributed by atoms with Crippen LogP contribution in [0.2, 0.25) is 5.02 Å². The number of pyridine rings is 1. The molecule has 1 fully saturated rings. The average molecular weight is 469 g/mol. The van der Waals surface area contributed by atoms with Gasteiger partial charge in [-0.15, -0.1) is 0 Å². The number of rotatable bonds is 5. The summed E-state index contributed by atoms with van der Waals surface area (Å²) in [5, 5.41) is 15.4. The first-order valence-electron chi connectivity index (χ1n) is 10.5. The molecule has 170 valence electrons. The van der Waals surface area contributed by atoms with Gasteiger partial charge in [-0.25, -0.2) is 9.37 Å². The number of aliphatic hydroxyl groups is 1. The number of benzene rings is 2. The summed E-state index contributed by atoms with van der Waals surface area (Å²) >= 11 is 6.19. The topological polar surface area (TPSA) is 94.6 Å². The van der Waals surface area contributed by atoms with E-state index in [1.165, 1.54) is 30.5 Å². The predicted molar refractivity (Wildman–Crippen MR) is 125 cm³/mol. The van der Waals surface area contributed by atoms with Gasteiger partial charge in [0.1, 0.15) is 11.6 Å². The van der Waals surface area contributed by atoms with Gasteiger partial charge >= 0.3 is 0 Å². The Morgan fingerprint density at radius 1 is 0.970 bits per heavy atom. The Morgan fingerprint density at radius 3 is 2.30 bits per heavy atom. The Morgan fingerprint density at radius 2 is 1.64 bits per heavy atom. The van der Waals surface area contributed by atoms with Crippen LogP contribution in [-0.4, -0.2) is 41.1 Å². The van der Waals surface area contributed by atoms with Crippen LogP contribution in [-0.2, 0) is 0 Å². The van der Waals surface area contributed by atoms with Gasteiger partial charge < -0.3 is 20.6 Å². The third kappa shape index (κ3) is 5.66. The van der Waals surface area contributed by atoms with Crippen molar-refractivity contribution in [1.29, 1.82) is 0 Å². The fraction of sp³-hybridized carbons (Fsp3) is 0.208. The summed E-state index contributed by atoms with van der Waals surface area (Å²) in [4.78, 5) is 31.5. The van der Waals surface area contributed by atoms with Crippen molar-refractivity contribution in [3.63, 3.8) is 0 Å². The molecule has 0 saturated carbocycles. The predicted octanol–water partition coefficient (Wildman–Crippen LogP) is 4.34. The van der Waals surface area contributed by atoms with E-state index >= 15 is 0 Å². The van der Waals surface area contributed by atoms with Crippen molar-refractivity contribution < 1.29 is 19.1 Å². The van der Waals surface area contributed by atoms with Gasteiger partial charge in [0, 0.05) is 30.5 Å². The number of carbonyl (C=O) groups is 2. The summed E-state index contributed by atoms with van der Waals surface area (Å²) in [5.41, 5.74) is 1.40. The van der Waals surface area contributed by atoms with Crippen molar-refractivity contribution >= 4 is 40.6 Å². The first-order valence-corrected chi connectivity index (χ1v) is 10.8. The van der Waals surface area contributed by atoms with E-state index in [9.17, 15) is 19.1 Å². The van der Waals surface area contributed by atoms with Gasteiger partial charge in [-0.2, -0.15) is 0 Å². The number of amides is 2. The fourth-order valence-corrected chi connectivity index (χ4v) is 3.67. The van der Waals surface area contributed by atoms with Crippen LogP contribution in [0, 0.1) is 5.82 Å². The van der Waals surface area contributed by atoms with Crippen molar-refractivity contribution in [2.75, 3.05) is 28.6 Å². The molecule has 0 spiro atoms. The Balaban J connectivity index is 1.41. The molecule has 0 atom stereocenters. The molecule has 0 unspecified atom stereocenters. The fourth-order valence-electron chi connectivity index (χ4n) is 3.50. The lowest BCUT2D eigenvalue weighted by Gasteiger charge is -2.30. The van der Waals surface area contributed by atoms with Crippen LogP contribution in [0.4, 0.5) is 21.6 Å². The quantitative estimate of drug-likeness (QED) is 0.518. The standard InChI is InChI=1S/C24H22ClFN4O3/c25-20-7-6-18(13-21(20)29-23(32)15-1-4-17(26)5-2-15)28-24(33)16-3-8-22(27-14-16)30-11-9-19(31)10-12-30/h1-8,13-14,19,31H,9-12H2,(H,28,33)(H,29,32). The van der Waals surface area contributed by atoms with Crippen molar-refractivity contribution in [1.82, 2.24) is 4.98 Å². The Bertz CT molecular complexity index is 1150. The molecule has 7 nitrogen and oxygen atoms in total. The minimum atomic E-state index is -0.453. The van der Waals surface area contributed by atoms with E-state index in [0.29, 0.717) is 34.8 Å². The molecule has 1 aromatic heterocycles. The number of carbonyl (C=O) groups excluding carboxylic acids is 2. The van der Waals surface area contributed by atoms with Gasteiger partial charge in [-0.05, 0) is 67.4 Å². The Kier molecular flexibility index (Phi) is 6.86. The summed E-state index contributed by atoms with van der Waals surface area (Å²) in [6, 6.07) is 13.3. The maximum atomic E-state index is 13.1. The number of anilines is 3. The minimum Gasteiger partial charge on any atom is -0.393 e. The van der Waals surface area contributed by atoms with Gasteiger partial charge in [0.25, 0.3) is 11.8 Å². The molecule has 0 bridgehead atoms. The number of nitrogens with one attached hydrogen (secondary N) is 2. The number of piperidine rings is 1. The average Bonchev–Trinajstić information content (AvgIpc) is 2.82. The summed E-state index contributed by atoms with van der Waals surface area (Å²) in [5.74, 6) is -0.492. The van der Waals surface area contributed by atoms with E-state index < -0.39 is 11.7 Å². The van der Waals surface area contributed by atoms with Crippen LogP contribution < -0.4 is 15.5 Å². The lowest BCUT2D eigenvalue weighted by atomic mass is 10.1. The number of hydrogen-bond donors (Lipinski definition) is 3. The monoisotopic (exact) mass is 468 g/mol. The highest BCUT2D eigenvalue weighted by Gasteiger charge is 2.18. The lowest BCUT2D eigenvalue weighted by molar-refractivity contribution is 0.101.